The lowest BCUT2D eigenvalue weighted by molar-refractivity contribution is 0.0217. The molecule has 2 aromatic rings. The second kappa shape index (κ2) is 6.53. The number of nitrogens with zero attached hydrogens (tertiary/aromatic N) is 2. The fourth-order valence-electron chi connectivity index (χ4n) is 3.82. The molecule has 6 heteroatoms. The molecule has 0 spiro atoms. The van der Waals surface area contributed by atoms with Crippen LogP contribution in [0.2, 0.25) is 0 Å². The van der Waals surface area contributed by atoms with Gasteiger partial charge in [-0.2, -0.15) is 0 Å². The van der Waals surface area contributed by atoms with Crippen LogP contribution in [0.15, 0.2) is 35.8 Å². The van der Waals surface area contributed by atoms with Gasteiger partial charge in [0.1, 0.15) is 5.75 Å². The van der Waals surface area contributed by atoms with Crippen LogP contribution in [0.3, 0.4) is 0 Å². The largest absolute Gasteiger partial charge is 0.431 e. The second-order valence-electron chi connectivity index (χ2n) is 6.54. The highest BCUT2D eigenvalue weighted by Gasteiger charge is 2.40. The number of fused-ring (bicyclic) bond motifs is 3. The Morgan fingerprint density at radius 1 is 1.29 bits per heavy atom. The minimum absolute atomic E-state index is 0.00130. The Balaban J connectivity index is 1.41. The van der Waals surface area contributed by atoms with Crippen LogP contribution in [-0.2, 0) is 0 Å². The van der Waals surface area contributed by atoms with Gasteiger partial charge >= 0.3 is 0 Å². The number of benzene rings is 1. The van der Waals surface area contributed by atoms with Crippen molar-refractivity contribution in [2.75, 3.05) is 13.1 Å². The van der Waals surface area contributed by atoms with Crippen molar-refractivity contribution >= 4 is 17.2 Å². The number of aromatic nitrogens is 1. The van der Waals surface area contributed by atoms with E-state index in [9.17, 15) is 4.79 Å². The fraction of sp³-hybridized carbons (Fsp3) is 0.444. The molecule has 24 heavy (non-hydrogen) atoms. The van der Waals surface area contributed by atoms with Gasteiger partial charge in [0, 0.05) is 29.2 Å². The predicted molar refractivity (Wildman–Crippen MR) is 93.6 cm³/mol. The number of nitrogens with one attached hydrogen (secondary N) is 1. The van der Waals surface area contributed by atoms with Gasteiger partial charge in [-0.05, 0) is 63.0 Å². The molecule has 0 saturated carbocycles. The molecule has 3 saturated heterocycles. The lowest BCUT2D eigenvalue weighted by atomic mass is 9.79. The van der Waals surface area contributed by atoms with E-state index in [4.69, 9.17) is 4.74 Å². The summed E-state index contributed by atoms with van der Waals surface area (Å²) in [6.45, 7) is 4.56. The molecule has 1 amide bonds. The molecule has 0 radical (unpaired) electrons. The van der Waals surface area contributed by atoms with Gasteiger partial charge in [0.2, 0.25) is 0 Å². The van der Waals surface area contributed by atoms with Crippen molar-refractivity contribution in [2.24, 2.45) is 5.92 Å². The second-order valence-corrected chi connectivity index (χ2v) is 7.39. The Morgan fingerprint density at radius 2 is 2.04 bits per heavy atom. The number of piperidine rings is 3. The van der Waals surface area contributed by atoms with Crippen LogP contribution in [0, 0.1) is 5.92 Å². The first-order valence-electron chi connectivity index (χ1n) is 8.43. The average Bonchev–Trinajstić information content (AvgIpc) is 3.12. The van der Waals surface area contributed by atoms with Crippen molar-refractivity contribution < 1.29 is 9.53 Å². The Hall–Kier alpha value is -1.92. The zero-order chi connectivity index (χ0) is 16.5. The number of rotatable bonds is 4. The van der Waals surface area contributed by atoms with Gasteiger partial charge in [-0.25, -0.2) is 4.98 Å². The van der Waals surface area contributed by atoms with Crippen LogP contribution in [0.1, 0.15) is 30.1 Å². The molecule has 0 aliphatic carbocycles. The normalized spacial score (nSPS) is 28.5. The molecule has 3 aliphatic heterocycles. The van der Waals surface area contributed by atoms with Crippen molar-refractivity contribution in [1.29, 1.82) is 0 Å². The fourth-order valence-corrected chi connectivity index (χ4v) is 4.32. The van der Waals surface area contributed by atoms with Gasteiger partial charge < -0.3 is 10.1 Å². The summed E-state index contributed by atoms with van der Waals surface area (Å²) in [6.07, 6.45) is 4.09. The van der Waals surface area contributed by atoms with Crippen molar-refractivity contribution in [2.45, 2.75) is 31.8 Å². The summed E-state index contributed by atoms with van der Waals surface area (Å²) in [4.78, 5) is 19.2. The molecule has 1 aromatic heterocycles. The molecule has 2 bridgehead atoms. The quantitative estimate of drug-likeness (QED) is 0.926. The van der Waals surface area contributed by atoms with Gasteiger partial charge in [0.15, 0.2) is 0 Å². The topological polar surface area (TPSA) is 54.5 Å². The van der Waals surface area contributed by atoms with Crippen molar-refractivity contribution in [1.82, 2.24) is 15.2 Å². The van der Waals surface area contributed by atoms with Crippen LogP contribution < -0.4 is 10.1 Å². The maximum absolute atomic E-state index is 12.6. The minimum Gasteiger partial charge on any atom is -0.431 e. The molecular formula is C18H21N3O2S. The molecule has 2 atom stereocenters. The van der Waals surface area contributed by atoms with E-state index < -0.39 is 0 Å². The zero-order valence-electron chi connectivity index (χ0n) is 13.6. The molecule has 1 N–H and O–H groups in total. The Labute approximate surface area is 145 Å². The van der Waals surface area contributed by atoms with Crippen molar-refractivity contribution in [3.8, 4) is 10.9 Å². The number of amides is 1. The molecular weight excluding hydrogens is 322 g/mol. The van der Waals surface area contributed by atoms with E-state index in [1.807, 2.05) is 29.6 Å². The van der Waals surface area contributed by atoms with E-state index >= 15 is 0 Å². The van der Waals surface area contributed by atoms with Crippen LogP contribution in [0.25, 0.3) is 0 Å². The highest BCUT2D eigenvalue weighted by molar-refractivity contribution is 7.11. The SMILES string of the molecule is CC1C(NC(=O)c2ccc(Oc3nccs3)cc2)C2CCN1CC2. The number of thiazole rings is 1. The van der Waals surface area contributed by atoms with Gasteiger partial charge in [0.25, 0.3) is 11.1 Å². The number of hydrogen-bond donors (Lipinski definition) is 1. The summed E-state index contributed by atoms with van der Waals surface area (Å²) in [7, 11) is 0. The summed E-state index contributed by atoms with van der Waals surface area (Å²) in [5.41, 5.74) is 0.671. The van der Waals surface area contributed by atoms with E-state index in [1.165, 1.54) is 37.3 Å². The van der Waals surface area contributed by atoms with E-state index in [0.29, 0.717) is 28.5 Å². The van der Waals surface area contributed by atoms with Crippen molar-refractivity contribution in [3.05, 3.63) is 41.4 Å². The molecule has 5 nitrogen and oxygen atoms in total. The highest BCUT2D eigenvalue weighted by Crippen LogP contribution is 2.32. The van der Waals surface area contributed by atoms with Crippen LogP contribution >= 0.6 is 11.3 Å². The highest BCUT2D eigenvalue weighted by atomic mass is 32.1. The van der Waals surface area contributed by atoms with E-state index in [1.54, 1.807) is 6.20 Å². The van der Waals surface area contributed by atoms with Gasteiger partial charge in [-0.15, -0.1) is 0 Å². The predicted octanol–water partition coefficient (Wildman–Crippen LogP) is 3.15. The number of ether oxygens (including phenoxy) is 1. The lowest BCUT2D eigenvalue weighted by Gasteiger charge is -2.49. The lowest BCUT2D eigenvalue weighted by Crippen LogP contribution is -2.62. The van der Waals surface area contributed by atoms with Crippen LogP contribution in [0.5, 0.6) is 10.9 Å². The molecule has 4 heterocycles. The summed E-state index contributed by atoms with van der Waals surface area (Å²) in [5, 5.41) is 5.72. The third-order valence-corrected chi connectivity index (χ3v) is 5.86. The molecule has 1 aromatic carbocycles. The third kappa shape index (κ3) is 3.03. The number of carbonyl (C=O) groups is 1. The molecule has 3 aliphatic rings. The van der Waals surface area contributed by atoms with Gasteiger partial charge in [0.05, 0.1) is 0 Å². The average molecular weight is 343 g/mol. The summed E-state index contributed by atoms with van der Waals surface area (Å²) >= 11 is 1.44. The zero-order valence-corrected chi connectivity index (χ0v) is 14.5. The summed E-state index contributed by atoms with van der Waals surface area (Å²) in [6, 6.07) is 7.93. The minimum atomic E-state index is 0.00130. The van der Waals surface area contributed by atoms with Crippen LogP contribution in [-0.4, -0.2) is 41.0 Å². The third-order valence-electron chi connectivity index (χ3n) is 5.21. The molecule has 126 valence electrons. The molecule has 2 unspecified atom stereocenters. The maximum Gasteiger partial charge on any atom is 0.278 e. The Morgan fingerprint density at radius 3 is 2.67 bits per heavy atom. The van der Waals surface area contributed by atoms with Crippen LogP contribution in [0.4, 0.5) is 0 Å². The Kier molecular flexibility index (Phi) is 4.24. The maximum atomic E-state index is 12.6. The van der Waals surface area contributed by atoms with E-state index in [2.05, 4.69) is 22.1 Å². The molecule has 5 rings (SSSR count). The van der Waals surface area contributed by atoms with Crippen molar-refractivity contribution in [3.63, 3.8) is 0 Å². The first kappa shape index (κ1) is 15.6. The van der Waals surface area contributed by atoms with Gasteiger partial charge in [-0.3, -0.25) is 9.69 Å². The molecule has 3 fully saturated rings. The number of hydrogen-bond acceptors (Lipinski definition) is 5. The first-order chi connectivity index (χ1) is 11.7. The van der Waals surface area contributed by atoms with E-state index in [0.717, 1.165) is 0 Å². The summed E-state index contributed by atoms with van der Waals surface area (Å²) in [5.74, 6) is 1.31. The number of carbonyl (C=O) groups excluding carboxylic acids is 1. The van der Waals surface area contributed by atoms with E-state index in [-0.39, 0.29) is 11.9 Å². The standard InChI is InChI=1S/C18H21N3O2S/c1-12-16(13-6-9-21(12)10-7-13)20-17(22)14-2-4-15(5-3-14)23-18-19-8-11-24-18/h2-5,8,11-13,16H,6-7,9-10H2,1H3,(H,20,22). The first-order valence-corrected chi connectivity index (χ1v) is 9.31. The summed E-state index contributed by atoms with van der Waals surface area (Å²) < 4.78 is 5.63. The monoisotopic (exact) mass is 343 g/mol. The van der Waals surface area contributed by atoms with Gasteiger partial charge in [-0.1, -0.05) is 11.3 Å². The smallest absolute Gasteiger partial charge is 0.278 e. The Bertz CT molecular complexity index is 692.